The topological polar surface area (TPSA) is 69.1 Å². The fourth-order valence-electron chi connectivity index (χ4n) is 1.76. The molecule has 4 N–H and O–H groups in total. The average molecular weight is 272 g/mol. The zero-order valence-corrected chi connectivity index (χ0v) is 10.5. The molecule has 0 aromatic heterocycles. The number of thioether (sulfide) groups is 1. The summed E-state index contributed by atoms with van der Waals surface area (Å²) >= 11 is 1.21. The zero-order valence-electron chi connectivity index (χ0n) is 9.66. The molecule has 6 heteroatoms. The van der Waals surface area contributed by atoms with Gasteiger partial charge in [0, 0.05) is 10.6 Å². The first-order valence-corrected chi connectivity index (χ1v) is 6.58. The first kappa shape index (κ1) is 13.3. The van der Waals surface area contributed by atoms with E-state index in [0.29, 0.717) is 4.90 Å². The number of nitrogens with two attached hydrogens (primary N) is 2. The molecule has 1 aromatic rings. The summed E-state index contributed by atoms with van der Waals surface area (Å²) in [4.78, 5) is 11.9. The number of carbonyl (C=O) groups is 1. The van der Waals surface area contributed by atoms with Crippen molar-refractivity contribution in [3.05, 3.63) is 29.8 Å². The van der Waals surface area contributed by atoms with Crippen LogP contribution in [0.2, 0.25) is 0 Å². The van der Waals surface area contributed by atoms with Crippen molar-refractivity contribution in [1.29, 1.82) is 0 Å². The lowest BCUT2D eigenvalue weighted by atomic mass is 9.96. The molecule has 1 aliphatic rings. The van der Waals surface area contributed by atoms with Crippen LogP contribution in [0.1, 0.15) is 12.8 Å². The van der Waals surface area contributed by atoms with E-state index in [2.05, 4.69) is 0 Å². The number of carbonyl (C=O) groups excluding carboxylic acids is 1. The summed E-state index contributed by atoms with van der Waals surface area (Å²) in [7, 11) is 0. The van der Waals surface area contributed by atoms with Crippen molar-refractivity contribution in [2.24, 2.45) is 17.4 Å². The average Bonchev–Trinajstić information content (AvgIpc) is 3.14. The number of halogens is 2. The molecule has 18 heavy (non-hydrogen) atoms. The molecule has 1 unspecified atom stereocenters. The maximum Gasteiger partial charge on any atom is 0.238 e. The van der Waals surface area contributed by atoms with Crippen molar-refractivity contribution >= 4 is 17.7 Å². The van der Waals surface area contributed by atoms with Gasteiger partial charge in [0.25, 0.3) is 0 Å². The monoisotopic (exact) mass is 272 g/mol. The predicted octanol–water partition coefficient (Wildman–Crippen LogP) is 1.65. The summed E-state index contributed by atoms with van der Waals surface area (Å²) in [5.41, 5.74) is 10.3. The van der Waals surface area contributed by atoms with E-state index < -0.39 is 23.1 Å². The normalized spacial score (nSPS) is 18.4. The van der Waals surface area contributed by atoms with Gasteiger partial charge in [-0.05, 0) is 37.0 Å². The van der Waals surface area contributed by atoms with Gasteiger partial charge in [0.15, 0.2) is 11.6 Å². The minimum absolute atomic E-state index is 0.104. The molecule has 1 aliphatic carbocycles. The Bertz CT molecular complexity index is 479. The van der Waals surface area contributed by atoms with Crippen LogP contribution in [0.25, 0.3) is 0 Å². The van der Waals surface area contributed by atoms with Crippen molar-refractivity contribution in [2.45, 2.75) is 23.3 Å². The molecule has 0 saturated heterocycles. The van der Waals surface area contributed by atoms with E-state index in [-0.39, 0.29) is 11.7 Å². The number of hydrogen-bond donors (Lipinski definition) is 2. The van der Waals surface area contributed by atoms with Crippen molar-refractivity contribution in [3.8, 4) is 0 Å². The Labute approximate surface area is 108 Å². The second-order valence-corrected chi connectivity index (χ2v) is 5.59. The third-order valence-electron chi connectivity index (χ3n) is 3.13. The van der Waals surface area contributed by atoms with Gasteiger partial charge in [0.05, 0.1) is 0 Å². The van der Waals surface area contributed by atoms with Crippen LogP contribution < -0.4 is 11.5 Å². The second-order valence-electron chi connectivity index (χ2n) is 4.54. The highest BCUT2D eigenvalue weighted by molar-refractivity contribution is 7.99. The fourth-order valence-corrected chi connectivity index (χ4v) is 2.89. The molecular weight excluding hydrogens is 258 g/mol. The van der Waals surface area contributed by atoms with Crippen LogP contribution in [0, 0.1) is 17.6 Å². The zero-order chi connectivity index (χ0) is 13.3. The molecule has 2 rings (SSSR count). The number of amides is 1. The Kier molecular flexibility index (Phi) is 3.59. The van der Waals surface area contributed by atoms with Gasteiger partial charge in [-0.15, -0.1) is 11.8 Å². The summed E-state index contributed by atoms with van der Waals surface area (Å²) in [6.45, 7) is 0. The summed E-state index contributed by atoms with van der Waals surface area (Å²) in [5, 5.41) is 0. The highest BCUT2D eigenvalue weighted by Gasteiger charge is 2.46. The van der Waals surface area contributed by atoms with Crippen molar-refractivity contribution in [2.75, 3.05) is 5.75 Å². The lowest BCUT2D eigenvalue weighted by Gasteiger charge is -2.25. The minimum atomic E-state index is -1.06. The Morgan fingerprint density at radius 3 is 2.56 bits per heavy atom. The van der Waals surface area contributed by atoms with Crippen LogP contribution in [-0.4, -0.2) is 17.2 Å². The highest BCUT2D eigenvalue weighted by Crippen LogP contribution is 2.40. The molecule has 1 fully saturated rings. The van der Waals surface area contributed by atoms with Gasteiger partial charge in [-0.2, -0.15) is 0 Å². The van der Waals surface area contributed by atoms with Gasteiger partial charge in [0.1, 0.15) is 5.54 Å². The van der Waals surface area contributed by atoms with Gasteiger partial charge < -0.3 is 11.5 Å². The van der Waals surface area contributed by atoms with Crippen LogP contribution in [0.15, 0.2) is 23.1 Å². The van der Waals surface area contributed by atoms with Crippen molar-refractivity contribution < 1.29 is 13.6 Å². The van der Waals surface area contributed by atoms with E-state index in [1.807, 2.05) is 0 Å². The summed E-state index contributed by atoms with van der Waals surface area (Å²) in [6, 6.07) is 3.60. The van der Waals surface area contributed by atoms with E-state index in [1.165, 1.54) is 17.8 Å². The molecule has 1 amide bonds. The van der Waals surface area contributed by atoms with E-state index in [0.717, 1.165) is 25.0 Å². The Morgan fingerprint density at radius 1 is 1.39 bits per heavy atom. The third-order valence-corrected chi connectivity index (χ3v) is 4.34. The molecule has 1 aromatic carbocycles. The molecule has 0 bridgehead atoms. The Hall–Kier alpha value is -1.14. The SMILES string of the molecule is NC(=O)C(N)(CSc1ccc(F)c(F)c1)C1CC1. The van der Waals surface area contributed by atoms with E-state index in [4.69, 9.17) is 11.5 Å². The predicted molar refractivity (Wildman–Crippen MR) is 65.9 cm³/mol. The lowest BCUT2D eigenvalue weighted by Crippen LogP contribution is -2.56. The third kappa shape index (κ3) is 2.64. The molecule has 3 nitrogen and oxygen atoms in total. The van der Waals surface area contributed by atoms with Crippen LogP contribution >= 0.6 is 11.8 Å². The second kappa shape index (κ2) is 4.85. The van der Waals surface area contributed by atoms with Gasteiger partial charge in [0.2, 0.25) is 5.91 Å². The highest BCUT2D eigenvalue weighted by atomic mass is 32.2. The smallest absolute Gasteiger partial charge is 0.238 e. The molecule has 0 radical (unpaired) electrons. The van der Waals surface area contributed by atoms with Crippen LogP contribution in [0.3, 0.4) is 0 Å². The number of rotatable bonds is 5. The molecule has 1 atom stereocenters. The summed E-state index contributed by atoms with van der Waals surface area (Å²) in [6.07, 6.45) is 1.77. The Balaban J connectivity index is 2.05. The largest absolute Gasteiger partial charge is 0.368 e. The van der Waals surface area contributed by atoms with Gasteiger partial charge in [-0.1, -0.05) is 0 Å². The molecule has 1 saturated carbocycles. The van der Waals surface area contributed by atoms with Crippen molar-refractivity contribution in [3.63, 3.8) is 0 Å². The molecular formula is C12H14F2N2OS. The molecule has 0 aliphatic heterocycles. The van der Waals surface area contributed by atoms with Gasteiger partial charge >= 0.3 is 0 Å². The van der Waals surface area contributed by atoms with Crippen LogP contribution in [0.5, 0.6) is 0 Å². The molecule has 0 heterocycles. The van der Waals surface area contributed by atoms with E-state index in [9.17, 15) is 13.6 Å². The summed E-state index contributed by atoms with van der Waals surface area (Å²) < 4.78 is 25.8. The first-order valence-electron chi connectivity index (χ1n) is 5.60. The minimum Gasteiger partial charge on any atom is -0.368 e. The number of primary amides is 1. The molecule has 0 spiro atoms. The fraction of sp³-hybridized carbons (Fsp3) is 0.417. The Morgan fingerprint density at radius 2 is 2.06 bits per heavy atom. The lowest BCUT2D eigenvalue weighted by molar-refractivity contribution is -0.123. The van der Waals surface area contributed by atoms with Gasteiger partial charge in [-0.3, -0.25) is 4.79 Å². The number of hydrogen-bond acceptors (Lipinski definition) is 3. The number of benzene rings is 1. The molecule has 98 valence electrons. The van der Waals surface area contributed by atoms with Gasteiger partial charge in [-0.25, -0.2) is 8.78 Å². The van der Waals surface area contributed by atoms with Crippen molar-refractivity contribution in [1.82, 2.24) is 0 Å². The maximum atomic E-state index is 13.0. The standard InChI is InChI=1S/C12H14F2N2OS/c13-9-4-3-8(5-10(9)14)18-6-12(16,11(15)17)7-1-2-7/h3-5,7H,1-2,6,16H2,(H2,15,17). The maximum absolute atomic E-state index is 13.0. The first-order chi connectivity index (χ1) is 8.43. The van der Waals surface area contributed by atoms with Crippen LogP contribution in [-0.2, 0) is 4.79 Å². The summed E-state index contributed by atoms with van der Waals surface area (Å²) in [5.74, 6) is -1.96. The van der Waals surface area contributed by atoms with E-state index >= 15 is 0 Å². The van der Waals surface area contributed by atoms with Crippen LogP contribution in [0.4, 0.5) is 8.78 Å². The van der Waals surface area contributed by atoms with E-state index in [1.54, 1.807) is 0 Å². The quantitative estimate of drug-likeness (QED) is 0.801.